The van der Waals surface area contributed by atoms with Gasteiger partial charge in [0.25, 0.3) is 11.1 Å². The first kappa shape index (κ1) is 24.7. The molecule has 0 unspecified atom stereocenters. The Labute approximate surface area is 230 Å². The average molecular weight is 562 g/mol. The van der Waals surface area contributed by atoms with E-state index in [1.807, 2.05) is 24.3 Å². The van der Waals surface area contributed by atoms with Crippen LogP contribution >= 0.6 is 22.9 Å². The van der Waals surface area contributed by atoms with Crippen molar-refractivity contribution in [1.82, 2.24) is 19.6 Å². The largest absolute Gasteiger partial charge is 0.496 e. The minimum absolute atomic E-state index is 0.141. The van der Waals surface area contributed by atoms with E-state index in [2.05, 4.69) is 20.4 Å². The maximum Gasteiger partial charge on any atom is 0.294 e. The summed E-state index contributed by atoms with van der Waals surface area (Å²) in [7, 11) is 3.15. The summed E-state index contributed by atoms with van der Waals surface area (Å²) in [4.78, 5) is 21.9. The fourth-order valence-corrected chi connectivity index (χ4v) is 4.89. The molecule has 2 aromatic carbocycles. The zero-order chi connectivity index (χ0) is 26.9. The number of ether oxygens (including phenoxy) is 3. The number of furan rings is 1. The molecule has 1 amide bonds. The predicted octanol–water partition coefficient (Wildman–Crippen LogP) is 6.10. The molecule has 0 fully saturated rings. The standard InChI is InChI=1S/C27H20ClN5O5S/c1-35-17-10-21(19-12-23(38-22(19)11-17)20-13-33-26(31-20)39-27(32-33)36-2)37-14-15-5-3-6-16(9-15)30-25(34)18-7-4-8-29-24(18)28/h3-13H,14H2,1-2H3,(H,30,34). The highest BCUT2D eigenvalue weighted by atomic mass is 35.5. The zero-order valence-corrected chi connectivity index (χ0v) is 22.2. The van der Waals surface area contributed by atoms with Crippen LogP contribution in [0.5, 0.6) is 16.7 Å². The summed E-state index contributed by atoms with van der Waals surface area (Å²) in [6.45, 7) is 0.240. The third-order valence-corrected chi connectivity index (χ3v) is 7.03. The van der Waals surface area contributed by atoms with Gasteiger partial charge < -0.3 is 23.9 Å². The Morgan fingerprint density at radius 3 is 2.82 bits per heavy atom. The molecule has 39 heavy (non-hydrogen) atoms. The molecular weight excluding hydrogens is 542 g/mol. The summed E-state index contributed by atoms with van der Waals surface area (Å²) in [5.41, 5.74) is 2.97. The van der Waals surface area contributed by atoms with Crippen molar-refractivity contribution in [2.45, 2.75) is 6.61 Å². The Morgan fingerprint density at radius 2 is 2.03 bits per heavy atom. The van der Waals surface area contributed by atoms with Gasteiger partial charge in [-0.15, -0.1) is 5.10 Å². The van der Waals surface area contributed by atoms with Gasteiger partial charge in [-0.2, -0.15) is 0 Å². The molecule has 0 saturated heterocycles. The van der Waals surface area contributed by atoms with Crippen molar-refractivity contribution in [3.8, 4) is 28.1 Å². The average Bonchev–Trinajstić information content (AvgIpc) is 3.65. The van der Waals surface area contributed by atoms with Crippen LogP contribution in [0.15, 0.2) is 71.4 Å². The van der Waals surface area contributed by atoms with Gasteiger partial charge in [-0.05, 0) is 47.2 Å². The summed E-state index contributed by atoms with van der Waals surface area (Å²) in [5.74, 6) is 1.39. The van der Waals surface area contributed by atoms with Crippen molar-refractivity contribution < 1.29 is 23.4 Å². The van der Waals surface area contributed by atoms with Crippen LogP contribution in [0.25, 0.3) is 27.4 Å². The Kier molecular flexibility index (Phi) is 6.51. The first-order valence-electron chi connectivity index (χ1n) is 11.7. The molecule has 0 aliphatic heterocycles. The van der Waals surface area contributed by atoms with Gasteiger partial charge in [-0.3, -0.25) is 4.79 Å². The molecule has 0 saturated carbocycles. The van der Waals surface area contributed by atoms with E-state index in [1.165, 1.54) is 17.5 Å². The van der Waals surface area contributed by atoms with E-state index in [1.54, 1.807) is 55.3 Å². The van der Waals surface area contributed by atoms with Crippen LogP contribution in [0.2, 0.25) is 5.15 Å². The van der Waals surface area contributed by atoms with Crippen molar-refractivity contribution in [3.63, 3.8) is 0 Å². The van der Waals surface area contributed by atoms with E-state index < -0.39 is 0 Å². The van der Waals surface area contributed by atoms with Gasteiger partial charge in [0.1, 0.15) is 34.5 Å². The van der Waals surface area contributed by atoms with Gasteiger partial charge in [0, 0.05) is 24.0 Å². The number of hydrogen-bond acceptors (Lipinski definition) is 9. The molecule has 4 heterocycles. The van der Waals surface area contributed by atoms with E-state index >= 15 is 0 Å². The second-order valence-electron chi connectivity index (χ2n) is 8.36. The predicted molar refractivity (Wildman–Crippen MR) is 147 cm³/mol. The fourth-order valence-electron chi connectivity index (χ4n) is 3.98. The lowest BCUT2D eigenvalue weighted by molar-refractivity contribution is 0.102. The smallest absolute Gasteiger partial charge is 0.294 e. The first-order valence-corrected chi connectivity index (χ1v) is 12.9. The third-order valence-electron chi connectivity index (χ3n) is 5.84. The Hall–Kier alpha value is -4.61. The number of benzene rings is 2. The van der Waals surface area contributed by atoms with Gasteiger partial charge in [-0.25, -0.2) is 14.5 Å². The lowest BCUT2D eigenvalue weighted by Gasteiger charge is -2.11. The molecular formula is C27H20ClN5O5S. The number of nitrogens with one attached hydrogen (secondary N) is 1. The monoisotopic (exact) mass is 561 g/mol. The number of rotatable bonds is 8. The van der Waals surface area contributed by atoms with Gasteiger partial charge in [0.15, 0.2) is 5.76 Å². The number of carbonyl (C=O) groups excluding carboxylic acids is 1. The number of hydrogen-bond donors (Lipinski definition) is 1. The van der Waals surface area contributed by atoms with Crippen LogP contribution in [0.3, 0.4) is 0 Å². The minimum atomic E-state index is -0.348. The summed E-state index contributed by atoms with van der Waals surface area (Å²) in [6, 6.07) is 16.1. The number of methoxy groups -OCH3 is 2. The molecule has 12 heteroatoms. The van der Waals surface area contributed by atoms with E-state index in [-0.39, 0.29) is 17.7 Å². The topological polar surface area (TPSA) is 113 Å². The van der Waals surface area contributed by atoms with Gasteiger partial charge in [0.05, 0.1) is 31.4 Å². The highest BCUT2D eigenvalue weighted by Crippen LogP contribution is 2.37. The molecule has 196 valence electrons. The van der Waals surface area contributed by atoms with Crippen LogP contribution < -0.4 is 19.5 Å². The maximum absolute atomic E-state index is 12.6. The molecule has 0 radical (unpaired) electrons. The molecule has 0 aliphatic carbocycles. The Balaban J connectivity index is 1.24. The molecule has 0 aliphatic rings. The number of amides is 1. The Morgan fingerprint density at radius 1 is 1.13 bits per heavy atom. The molecule has 0 spiro atoms. The van der Waals surface area contributed by atoms with Crippen LogP contribution in [0, 0.1) is 0 Å². The number of imidazole rings is 1. The number of fused-ring (bicyclic) bond motifs is 2. The molecule has 10 nitrogen and oxygen atoms in total. The van der Waals surface area contributed by atoms with Crippen molar-refractivity contribution in [2.75, 3.05) is 19.5 Å². The van der Waals surface area contributed by atoms with Gasteiger partial charge in [-0.1, -0.05) is 23.7 Å². The van der Waals surface area contributed by atoms with E-state index in [9.17, 15) is 4.79 Å². The maximum atomic E-state index is 12.6. The second kappa shape index (κ2) is 10.3. The Bertz CT molecular complexity index is 1800. The van der Waals surface area contributed by atoms with Crippen molar-refractivity contribution in [3.05, 3.63) is 83.3 Å². The number of pyridine rings is 1. The summed E-state index contributed by atoms with van der Waals surface area (Å²) < 4.78 is 24.6. The van der Waals surface area contributed by atoms with Gasteiger partial charge >= 0.3 is 0 Å². The number of aromatic nitrogens is 4. The summed E-state index contributed by atoms with van der Waals surface area (Å²) in [6.07, 6.45) is 3.31. The lowest BCUT2D eigenvalue weighted by Crippen LogP contribution is -2.13. The number of anilines is 1. The van der Waals surface area contributed by atoms with E-state index in [0.717, 1.165) is 10.9 Å². The molecule has 6 rings (SSSR count). The third kappa shape index (κ3) is 4.97. The first-order chi connectivity index (χ1) is 19.0. The highest BCUT2D eigenvalue weighted by Gasteiger charge is 2.17. The van der Waals surface area contributed by atoms with Crippen LogP contribution in [-0.2, 0) is 6.61 Å². The number of halogens is 1. The van der Waals surface area contributed by atoms with Crippen LogP contribution in [-0.4, -0.2) is 39.7 Å². The van der Waals surface area contributed by atoms with Gasteiger partial charge in [0.2, 0.25) is 4.96 Å². The zero-order valence-electron chi connectivity index (χ0n) is 20.7. The highest BCUT2D eigenvalue weighted by molar-refractivity contribution is 7.18. The van der Waals surface area contributed by atoms with E-state index in [0.29, 0.717) is 49.9 Å². The van der Waals surface area contributed by atoms with Crippen molar-refractivity contribution in [1.29, 1.82) is 0 Å². The minimum Gasteiger partial charge on any atom is -0.496 e. The summed E-state index contributed by atoms with van der Waals surface area (Å²) in [5, 5.41) is 8.60. The fraction of sp³-hybridized carbons (Fsp3) is 0.111. The number of carbonyl (C=O) groups is 1. The normalized spacial score (nSPS) is 11.2. The number of nitrogens with zero attached hydrogens (tertiary/aromatic N) is 4. The molecule has 0 atom stereocenters. The second-order valence-corrected chi connectivity index (χ2v) is 9.63. The van der Waals surface area contributed by atoms with Crippen LogP contribution in [0.4, 0.5) is 5.69 Å². The molecule has 6 aromatic rings. The lowest BCUT2D eigenvalue weighted by atomic mass is 10.2. The van der Waals surface area contributed by atoms with Crippen molar-refractivity contribution >= 4 is 50.5 Å². The quantitative estimate of drug-likeness (QED) is 0.222. The van der Waals surface area contributed by atoms with Crippen LogP contribution in [0.1, 0.15) is 15.9 Å². The van der Waals surface area contributed by atoms with E-state index in [4.69, 9.17) is 30.2 Å². The SMILES string of the molecule is COc1cc(OCc2cccc(NC(=O)c3cccnc3Cl)c2)c2cc(-c3cn4nc(OC)sc4n3)oc2c1. The summed E-state index contributed by atoms with van der Waals surface area (Å²) >= 11 is 7.39. The van der Waals surface area contributed by atoms with Crippen molar-refractivity contribution in [2.24, 2.45) is 0 Å². The molecule has 0 bridgehead atoms. The molecule has 1 N–H and O–H groups in total. The molecule has 4 aromatic heterocycles.